The number of ether oxygens (including phenoxy) is 1. The summed E-state index contributed by atoms with van der Waals surface area (Å²) in [4.78, 5) is 11.2. The Kier molecular flexibility index (Phi) is 3.88. The first-order valence-corrected chi connectivity index (χ1v) is 5.50. The number of thioether (sulfide) groups is 1. The first-order valence-electron chi connectivity index (χ1n) is 4.10. The van der Waals surface area contributed by atoms with Crippen molar-refractivity contribution in [3.05, 3.63) is 0 Å². The molecule has 0 aromatic rings. The highest BCUT2D eigenvalue weighted by molar-refractivity contribution is 7.98. The second kappa shape index (κ2) is 4.72. The van der Waals surface area contributed by atoms with E-state index in [2.05, 4.69) is 10.1 Å². The van der Waals surface area contributed by atoms with Gasteiger partial charge in [-0.25, -0.2) is 0 Å². The van der Waals surface area contributed by atoms with Gasteiger partial charge in [-0.2, -0.15) is 11.8 Å². The van der Waals surface area contributed by atoms with Crippen LogP contribution in [0.1, 0.15) is 12.8 Å². The van der Waals surface area contributed by atoms with E-state index in [9.17, 15) is 4.79 Å². The van der Waals surface area contributed by atoms with E-state index < -0.39 is 0 Å². The van der Waals surface area contributed by atoms with Crippen LogP contribution >= 0.6 is 11.8 Å². The fourth-order valence-corrected chi connectivity index (χ4v) is 1.59. The van der Waals surface area contributed by atoms with Gasteiger partial charge in [-0.3, -0.25) is 4.79 Å². The zero-order valence-corrected chi connectivity index (χ0v) is 8.32. The molecule has 70 valence electrons. The number of hydrogen-bond donors (Lipinski definition) is 1. The van der Waals surface area contributed by atoms with Gasteiger partial charge in [0.1, 0.15) is 6.04 Å². The Bertz CT molecular complexity index is 159. The number of esters is 1. The first kappa shape index (κ1) is 9.86. The van der Waals surface area contributed by atoms with Crippen molar-refractivity contribution >= 4 is 17.7 Å². The Morgan fingerprint density at radius 2 is 2.42 bits per heavy atom. The van der Waals surface area contributed by atoms with E-state index in [1.807, 2.05) is 6.26 Å². The second-order valence-electron chi connectivity index (χ2n) is 2.97. The van der Waals surface area contributed by atoms with Crippen LogP contribution in [0.4, 0.5) is 0 Å². The van der Waals surface area contributed by atoms with Crippen molar-refractivity contribution in [2.45, 2.75) is 24.9 Å². The fourth-order valence-electron chi connectivity index (χ4n) is 1.03. The molecule has 1 fully saturated rings. The van der Waals surface area contributed by atoms with Gasteiger partial charge in [0.25, 0.3) is 0 Å². The molecular weight excluding hydrogens is 174 g/mol. The van der Waals surface area contributed by atoms with Crippen LogP contribution < -0.4 is 5.32 Å². The monoisotopic (exact) mass is 189 g/mol. The molecule has 0 spiro atoms. The third-order valence-electron chi connectivity index (χ3n) is 1.83. The van der Waals surface area contributed by atoms with E-state index in [4.69, 9.17) is 0 Å². The normalized spacial score (nSPS) is 18.8. The average molecular weight is 189 g/mol. The van der Waals surface area contributed by atoms with Crippen molar-refractivity contribution in [2.75, 3.05) is 19.1 Å². The largest absolute Gasteiger partial charge is 0.468 e. The highest BCUT2D eigenvalue weighted by Crippen LogP contribution is 2.20. The van der Waals surface area contributed by atoms with Crippen molar-refractivity contribution in [2.24, 2.45) is 0 Å². The van der Waals surface area contributed by atoms with Crippen molar-refractivity contribution in [3.8, 4) is 0 Å². The van der Waals surface area contributed by atoms with Gasteiger partial charge in [-0.15, -0.1) is 0 Å². The molecule has 1 atom stereocenters. The molecule has 0 aromatic carbocycles. The molecule has 1 unspecified atom stereocenters. The lowest BCUT2D eigenvalue weighted by Crippen LogP contribution is -2.40. The zero-order valence-electron chi connectivity index (χ0n) is 7.50. The van der Waals surface area contributed by atoms with Crippen LogP contribution in [0.3, 0.4) is 0 Å². The number of hydrogen-bond acceptors (Lipinski definition) is 4. The Hall–Kier alpha value is -0.220. The molecule has 0 aromatic heterocycles. The number of rotatable bonds is 5. The Labute approximate surface area is 77.2 Å². The Morgan fingerprint density at radius 3 is 2.83 bits per heavy atom. The SMILES string of the molecule is COC(=O)C(CSC)NC1CC1. The minimum absolute atomic E-state index is 0.113. The summed E-state index contributed by atoms with van der Waals surface area (Å²) in [7, 11) is 1.43. The quantitative estimate of drug-likeness (QED) is 0.644. The zero-order chi connectivity index (χ0) is 8.97. The van der Waals surface area contributed by atoms with Crippen LogP contribution in [0.15, 0.2) is 0 Å². The van der Waals surface area contributed by atoms with Gasteiger partial charge in [0.15, 0.2) is 0 Å². The van der Waals surface area contributed by atoms with Crippen LogP contribution in [0.2, 0.25) is 0 Å². The van der Waals surface area contributed by atoms with Crippen LogP contribution in [-0.2, 0) is 9.53 Å². The summed E-state index contributed by atoms with van der Waals surface area (Å²) in [5.41, 5.74) is 0. The summed E-state index contributed by atoms with van der Waals surface area (Å²) in [6, 6.07) is 0.443. The number of methoxy groups -OCH3 is 1. The van der Waals surface area contributed by atoms with Crippen LogP contribution in [0.5, 0.6) is 0 Å². The highest BCUT2D eigenvalue weighted by Gasteiger charge is 2.28. The third kappa shape index (κ3) is 3.03. The molecule has 1 N–H and O–H groups in total. The van der Waals surface area contributed by atoms with Crippen LogP contribution in [-0.4, -0.2) is 37.2 Å². The molecule has 0 heterocycles. The lowest BCUT2D eigenvalue weighted by Gasteiger charge is -2.14. The second-order valence-corrected chi connectivity index (χ2v) is 3.88. The maximum absolute atomic E-state index is 11.2. The summed E-state index contributed by atoms with van der Waals surface area (Å²) in [5.74, 6) is 0.652. The standard InChI is InChI=1S/C8H15NO2S/c1-11-8(10)7(5-12-2)9-6-3-4-6/h6-7,9H,3-5H2,1-2H3. The number of carbonyl (C=O) groups excluding carboxylic acids is 1. The molecule has 0 amide bonds. The molecular formula is C8H15NO2S. The molecule has 0 saturated heterocycles. The molecule has 3 nitrogen and oxygen atoms in total. The summed E-state index contributed by atoms with van der Waals surface area (Å²) < 4.78 is 4.68. The highest BCUT2D eigenvalue weighted by atomic mass is 32.2. The van der Waals surface area contributed by atoms with Crippen molar-refractivity contribution < 1.29 is 9.53 Å². The molecule has 1 saturated carbocycles. The van der Waals surface area contributed by atoms with E-state index in [0.717, 1.165) is 5.75 Å². The maximum Gasteiger partial charge on any atom is 0.323 e. The smallest absolute Gasteiger partial charge is 0.323 e. The molecule has 1 aliphatic rings. The summed E-state index contributed by atoms with van der Waals surface area (Å²) in [6.45, 7) is 0. The van der Waals surface area contributed by atoms with Gasteiger partial charge in [0.2, 0.25) is 0 Å². The topological polar surface area (TPSA) is 38.3 Å². The van der Waals surface area contributed by atoms with E-state index in [1.54, 1.807) is 11.8 Å². The first-order chi connectivity index (χ1) is 5.77. The van der Waals surface area contributed by atoms with Gasteiger partial charge in [-0.1, -0.05) is 0 Å². The third-order valence-corrected chi connectivity index (χ3v) is 2.50. The van der Waals surface area contributed by atoms with Crippen molar-refractivity contribution in [3.63, 3.8) is 0 Å². The van der Waals surface area contributed by atoms with Gasteiger partial charge in [-0.05, 0) is 19.1 Å². The number of nitrogens with one attached hydrogen (secondary N) is 1. The minimum Gasteiger partial charge on any atom is -0.468 e. The molecule has 1 aliphatic carbocycles. The van der Waals surface area contributed by atoms with Crippen molar-refractivity contribution in [1.29, 1.82) is 0 Å². The van der Waals surface area contributed by atoms with E-state index in [-0.39, 0.29) is 12.0 Å². The average Bonchev–Trinajstić information content (AvgIpc) is 2.86. The van der Waals surface area contributed by atoms with Crippen LogP contribution in [0.25, 0.3) is 0 Å². The lowest BCUT2D eigenvalue weighted by atomic mass is 10.3. The molecule has 4 heteroatoms. The van der Waals surface area contributed by atoms with Gasteiger partial charge < -0.3 is 10.1 Å². The molecule has 0 radical (unpaired) electrons. The van der Waals surface area contributed by atoms with Crippen molar-refractivity contribution in [1.82, 2.24) is 5.32 Å². The van der Waals surface area contributed by atoms with Gasteiger partial charge in [0.05, 0.1) is 7.11 Å². The summed E-state index contributed by atoms with van der Waals surface area (Å²) in [5, 5.41) is 3.25. The predicted octanol–water partition coefficient (Wildman–Crippen LogP) is 0.643. The van der Waals surface area contributed by atoms with E-state index >= 15 is 0 Å². The van der Waals surface area contributed by atoms with Crippen LogP contribution in [0, 0.1) is 0 Å². The van der Waals surface area contributed by atoms with E-state index in [1.165, 1.54) is 20.0 Å². The van der Waals surface area contributed by atoms with E-state index in [0.29, 0.717) is 6.04 Å². The summed E-state index contributed by atoms with van der Waals surface area (Å²) >= 11 is 1.66. The maximum atomic E-state index is 11.2. The summed E-state index contributed by atoms with van der Waals surface area (Å²) in [6.07, 6.45) is 4.38. The number of carbonyl (C=O) groups is 1. The molecule has 0 aliphatic heterocycles. The lowest BCUT2D eigenvalue weighted by molar-refractivity contribution is -0.142. The molecule has 0 bridgehead atoms. The Balaban J connectivity index is 2.30. The minimum atomic E-state index is -0.142. The predicted molar refractivity (Wildman–Crippen MR) is 50.3 cm³/mol. The fraction of sp³-hybridized carbons (Fsp3) is 0.875. The Morgan fingerprint density at radius 1 is 1.75 bits per heavy atom. The molecule has 1 rings (SSSR count). The molecule has 12 heavy (non-hydrogen) atoms. The van der Waals surface area contributed by atoms with Gasteiger partial charge in [0, 0.05) is 11.8 Å². The van der Waals surface area contributed by atoms with Gasteiger partial charge >= 0.3 is 5.97 Å².